The fourth-order valence-electron chi connectivity index (χ4n) is 1.64. The van der Waals surface area contributed by atoms with Gasteiger partial charge in [-0.1, -0.05) is 6.07 Å². The molecule has 0 bridgehead atoms. The summed E-state index contributed by atoms with van der Waals surface area (Å²) in [5, 5.41) is 5.18. The van der Waals surface area contributed by atoms with Gasteiger partial charge in [0.2, 0.25) is 6.08 Å². The monoisotopic (exact) mass is 187 g/mol. The van der Waals surface area contributed by atoms with Crippen molar-refractivity contribution in [3.05, 3.63) is 23.9 Å². The first-order valence-corrected chi connectivity index (χ1v) is 4.24. The van der Waals surface area contributed by atoms with Gasteiger partial charge < -0.3 is 0 Å². The molecule has 0 atom stereocenters. The van der Waals surface area contributed by atoms with Crippen molar-refractivity contribution < 1.29 is 4.79 Å². The number of nitrogens with zero attached hydrogens (tertiary/aromatic N) is 3. The average Bonchev–Trinajstić information content (AvgIpc) is 2.44. The van der Waals surface area contributed by atoms with E-state index in [-0.39, 0.29) is 0 Å². The van der Waals surface area contributed by atoms with E-state index in [2.05, 4.69) is 10.1 Å². The molecule has 2 rings (SSSR count). The molecule has 0 amide bonds. The van der Waals surface area contributed by atoms with Crippen LogP contribution in [-0.2, 0) is 11.8 Å². The minimum atomic E-state index is 0.628. The van der Waals surface area contributed by atoms with E-state index in [0.29, 0.717) is 5.69 Å². The first-order chi connectivity index (χ1) is 6.74. The van der Waals surface area contributed by atoms with E-state index >= 15 is 0 Å². The number of aryl methyl sites for hydroxylation is 2. The molecule has 1 aromatic carbocycles. The molecule has 4 nitrogen and oxygen atoms in total. The predicted octanol–water partition coefficient (Wildman–Crippen LogP) is 1.85. The predicted molar refractivity (Wildman–Crippen MR) is 53.2 cm³/mol. The van der Waals surface area contributed by atoms with Gasteiger partial charge in [0.1, 0.15) is 0 Å². The maximum atomic E-state index is 10.2. The fourth-order valence-corrected chi connectivity index (χ4v) is 1.64. The Morgan fingerprint density at radius 2 is 2.29 bits per heavy atom. The molecule has 0 unspecified atom stereocenters. The minimum Gasteiger partial charge on any atom is -0.268 e. The third-order valence-corrected chi connectivity index (χ3v) is 2.20. The standard InChI is InChI=1S/C10H9N3O/c1-7-10-8(11-6-14)4-3-5-9(10)13(2)12-7/h3-5H,1-2H3. The van der Waals surface area contributed by atoms with E-state index in [1.165, 1.54) is 0 Å². The Morgan fingerprint density at radius 3 is 3.00 bits per heavy atom. The second-order valence-electron chi connectivity index (χ2n) is 3.08. The number of aliphatic imine (C=N–C) groups is 1. The molecular formula is C10H9N3O. The van der Waals surface area contributed by atoms with Gasteiger partial charge in [-0.05, 0) is 19.1 Å². The van der Waals surface area contributed by atoms with Crippen molar-refractivity contribution in [1.29, 1.82) is 0 Å². The Balaban J connectivity index is 2.91. The molecule has 70 valence electrons. The zero-order chi connectivity index (χ0) is 10.1. The van der Waals surface area contributed by atoms with Crippen LogP contribution in [0.2, 0.25) is 0 Å². The average molecular weight is 187 g/mol. The SMILES string of the molecule is Cc1nn(C)c2cccc(N=C=O)c12. The molecular weight excluding hydrogens is 178 g/mol. The molecule has 0 aliphatic heterocycles. The Kier molecular flexibility index (Phi) is 1.91. The van der Waals surface area contributed by atoms with E-state index in [9.17, 15) is 4.79 Å². The maximum absolute atomic E-state index is 10.2. The highest BCUT2D eigenvalue weighted by Gasteiger charge is 2.08. The number of fused-ring (bicyclic) bond motifs is 1. The first-order valence-electron chi connectivity index (χ1n) is 4.24. The highest BCUT2D eigenvalue weighted by molar-refractivity contribution is 5.93. The van der Waals surface area contributed by atoms with Crippen LogP contribution in [0.3, 0.4) is 0 Å². The van der Waals surface area contributed by atoms with Crippen LogP contribution >= 0.6 is 0 Å². The van der Waals surface area contributed by atoms with Gasteiger partial charge in [-0.15, -0.1) is 0 Å². The van der Waals surface area contributed by atoms with Crippen molar-refractivity contribution in [2.75, 3.05) is 0 Å². The molecule has 0 radical (unpaired) electrons. The van der Waals surface area contributed by atoms with E-state index in [4.69, 9.17) is 0 Å². The summed E-state index contributed by atoms with van der Waals surface area (Å²) in [6.07, 6.45) is 1.55. The minimum absolute atomic E-state index is 0.628. The van der Waals surface area contributed by atoms with Gasteiger partial charge in [0.25, 0.3) is 0 Å². The normalized spacial score (nSPS) is 10.1. The zero-order valence-electron chi connectivity index (χ0n) is 7.98. The van der Waals surface area contributed by atoms with Crippen LogP contribution in [0.5, 0.6) is 0 Å². The number of hydrogen-bond donors (Lipinski definition) is 0. The molecule has 0 saturated carbocycles. The number of isocyanates is 1. The molecule has 1 aromatic heterocycles. The van der Waals surface area contributed by atoms with Crippen LogP contribution in [0.1, 0.15) is 5.69 Å². The van der Waals surface area contributed by atoms with Crippen molar-refractivity contribution >= 4 is 22.7 Å². The van der Waals surface area contributed by atoms with E-state index in [0.717, 1.165) is 16.6 Å². The molecule has 0 aliphatic carbocycles. The van der Waals surface area contributed by atoms with Gasteiger partial charge >= 0.3 is 0 Å². The van der Waals surface area contributed by atoms with Crippen LogP contribution in [0.15, 0.2) is 23.2 Å². The molecule has 0 aliphatic rings. The quantitative estimate of drug-likeness (QED) is 0.505. The number of rotatable bonds is 1. The van der Waals surface area contributed by atoms with Crippen molar-refractivity contribution in [1.82, 2.24) is 9.78 Å². The highest BCUT2D eigenvalue weighted by Crippen LogP contribution is 2.27. The Bertz CT molecular complexity index is 536. The molecule has 1 heterocycles. The summed E-state index contributed by atoms with van der Waals surface area (Å²) in [5.74, 6) is 0. The van der Waals surface area contributed by atoms with Gasteiger partial charge in [-0.3, -0.25) is 4.68 Å². The lowest BCUT2D eigenvalue weighted by Crippen LogP contribution is -1.88. The number of carbonyl (C=O) groups excluding carboxylic acids is 1. The largest absolute Gasteiger partial charge is 0.268 e. The van der Waals surface area contributed by atoms with Crippen molar-refractivity contribution in [3.8, 4) is 0 Å². The summed E-state index contributed by atoms with van der Waals surface area (Å²) in [4.78, 5) is 13.9. The van der Waals surface area contributed by atoms with Crippen LogP contribution in [0, 0.1) is 6.92 Å². The van der Waals surface area contributed by atoms with Gasteiger partial charge in [0.15, 0.2) is 0 Å². The zero-order valence-corrected chi connectivity index (χ0v) is 7.98. The third-order valence-electron chi connectivity index (χ3n) is 2.20. The summed E-state index contributed by atoms with van der Waals surface area (Å²) in [6.45, 7) is 1.89. The fraction of sp³-hybridized carbons (Fsp3) is 0.200. The summed E-state index contributed by atoms with van der Waals surface area (Å²) < 4.78 is 1.77. The van der Waals surface area contributed by atoms with Gasteiger partial charge in [-0.25, -0.2) is 4.79 Å². The summed E-state index contributed by atoms with van der Waals surface area (Å²) in [5.41, 5.74) is 2.47. The molecule has 0 saturated heterocycles. The Morgan fingerprint density at radius 1 is 1.50 bits per heavy atom. The number of benzene rings is 1. The highest BCUT2D eigenvalue weighted by atomic mass is 16.1. The lowest BCUT2D eigenvalue weighted by atomic mass is 10.2. The first kappa shape index (κ1) is 8.66. The Labute approximate surface area is 80.9 Å². The molecule has 4 heteroatoms. The second-order valence-corrected chi connectivity index (χ2v) is 3.08. The van der Waals surface area contributed by atoms with Gasteiger partial charge in [0.05, 0.1) is 16.9 Å². The van der Waals surface area contributed by atoms with Crippen molar-refractivity contribution in [2.45, 2.75) is 6.92 Å². The summed E-state index contributed by atoms with van der Waals surface area (Å²) in [6, 6.07) is 5.57. The van der Waals surface area contributed by atoms with Crippen LogP contribution in [0.4, 0.5) is 5.69 Å². The van der Waals surface area contributed by atoms with Crippen LogP contribution < -0.4 is 0 Å². The topological polar surface area (TPSA) is 47.2 Å². The van der Waals surface area contributed by atoms with E-state index in [1.807, 2.05) is 26.1 Å². The maximum Gasteiger partial charge on any atom is 0.240 e. The third kappa shape index (κ3) is 1.13. The van der Waals surface area contributed by atoms with Crippen LogP contribution in [-0.4, -0.2) is 15.9 Å². The van der Waals surface area contributed by atoms with Crippen LogP contribution in [0.25, 0.3) is 10.9 Å². The van der Waals surface area contributed by atoms with E-state index < -0.39 is 0 Å². The van der Waals surface area contributed by atoms with Gasteiger partial charge in [0, 0.05) is 12.4 Å². The van der Waals surface area contributed by atoms with Crippen molar-refractivity contribution in [3.63, 3.8) is 0 Å². The van der Waals surface area contributed by atoms with E-state index in [1.54, 1.807) is 16.8 Å². The molecule has 0 spiro atoms. The van der Waals surface area contributed by atoms with Gasteiger partial charge in [-0.2, -0.15) is 10.1 Å². The Hall–Kier alpha value is -1.93. The number of hydrogen-bond acceptors (Lipinski definition) is 3. The molecule has 0 N–H and O–H groups in total. The van der Waals surface area contributed by atoms with Crippen molar-refractivity contribution in [2.24, 2.45) is 12.0 Å². The molecule has 2 aromatic rings. The number of aromatic nitrogens is 2. The molecule has 0 fully saturated rings. The summed E-state index contributed by atoms with van der Waals surface area (Å²) >= 11 is 0. The second kappa shape index (κ2) is 3.09. The molecule has 14 heavy (non-hydrogen) atoms. The smallest absolute Gasteiger partial charge is 0.240 e. The summed E-state index contributed by atoms with van der Waals surface area (Å²) in [7, 11) is 1.86. The lowest BCUT2D eigenvalue weighted by molar-refractivity contribution is 0.565. The lowest BCUT2D eigenvalue weighted by Gasteiger charge is -1.95.